The second-order valence-electron chi connectivity index (χ2n) is 4.37. The van der Waals surface area contributed by atoms with Gasteiger partial charge in [0.1, 0.15) is 11.5 Å². The summed E-state index contributed by atoms with van der Waals surface area (Å²) in [7, 11) is 1.73. The van der Waals surface area contributed by atoms with Gasteiger partial charge in [-0.05, 0) is 18.9 Å². The predicted octanol–water partition coefficient (Wildman–Crippen LogP) is 0.627. The molecule has 7 nitrogen and oxygen atoms in total. The molecule has 0 aliphatic rings. The fraction of sp³-hybridized carbons (Fsp3) is 0.583. The first kappa shape index (κ1) is 15.0. The highest BCUT2D eigenvalue weighted by Gasteiger charge is 2.17. The molecule has 0 aromatic carbocycles. The molecule has 19 heavy (non-hydrogen) atoms. The van der Waals surface area contributed by atoms with Gasteiger partial charge in [-0.15, -0.1) is 0 Å². The topological polar surface area (TPSA) is 106 Å². The van der Waals surface area contributed by atoms with E-state index in [-0.39, 0.29) is 17.8 Å². The van der Waals surface area contributed by atoms with Crippen LogP contribution in [0.4, 0.5) is 0 Å². The van der Waals surface area contributed by atoms with Gasteiger partial charge in [0, 0.05) is 19.5 Å². The Bertz CT molecular complexity index is 467. The number of nitrogens with zero attached hydrogens (tertiary/aromatic N) is 3. The molecule has 0 saturated carbocycles. The van der Waals surface area contributed by atoms with Crippen LogP contribution in [-0.4, -0.2) is 32.8 Å². The van der Waals surface area contributed by atoms with Crippen molar-refractivity contribution in [2.45, 2.75) is 39.2 Å². The van der Waals surface area contributed by atoms with E-state index in [1.807, 2.05) is 13.8 Å². The standard InChI is InChI=1S/C12H21N5O2/c1-4-8(7-11(13)16-19)14-12(18)10-6-9(5-2)15-17(10)3/h6,8,19H,4-5,7H2,1-3H3,(H2,13,16)(H,14,18). The Labute approximate surface area is 112 Å². The summed E-state index contributed by atoms with van der Waals surface area (Å²) in [6.45, 7) is 3.91. The second-order valence-corrected chi connectivity index (χ2v) is 4.37. The molecule has 1 atom stereocenters. The number of nitrogens with one attached hydrogen (secondary N) is 1. The number of nitrogens with two attached hydrogens (primary N) is 1. The van der Waals surface area contributed by atoms with Gasteiger partial charge in [0.05, 0.1) is 5.69 Å². The minimum absolute atomic E-state index is 0.103. The normalized spacial score (nSPS) is 13.3. The molecule has 7 heteroatoms. The van der Waals surface area contributed by atoms with Crippen molar-refractivity contribution >= 4 is 11.7 Å². The molecule has 1 rings (SSSR count). The molecule has 0 aliphatic carbocycles. The van der Waals surface area contributed by atoms with Gasteiger partial charge in [-0.1, -0.05) is 19.0 Å². The highest BCUT2D eigenvalue weighted by atomic mass is 16.4. The molecule has 0 fully saturated rings. The van der Waals surface area contributed by atoms with E-state index in [2.05, 4.69) is 15.6 Å². The molecular formula is C12H21N5O2. The highest BCUT2D eigenvalue weighted by molar-refractivity contribution is 5.93. The van der Waals surface area contributed by atoms with Gasteiger partial charge in [0.15, 0.2) is 0 Å². The van der Waals surface area contributed by atoms with E-state index in [9.17, 15) is 4.79 Å². The molecule has 1 amide bonds. The Kier molecular flexibility index (Phi) is 5.35. The van der Waals surface area contributed by atoms with Gasteiger partial charge < -0.3 is 16.3 Å². The lowest BCUT2D eigenvalue weighted by molar-refractivity contribution is 0.0927. The Hall–Kier alpha value is -2.05. The minimum Gasteiger partial charge on any atom is -0.409 e. The summed E-state index contributed by atoms with van der Waals surface area (Å²) in [6.07, 6.45) is 1.79. The number of hydrogen-bond donors (Lipinski definition) is 3. The van der Waals surface area contributed by atoms with Crippen molar-refractivity contribution in [2.24, 2.45) is 17.9 Å². The van der Waals surface area contributed by atoms with E-state index in [4.69, 9.17) is 10.9 Å². The SMILES string of the molecule is CCc1cc(C(=O)NC(CC)CC(N)=NO)n(C)n1. The summed E-state index contributed by atoms with van der Waals surface area (Å²) in [5.74, 6) is -0.0984. The van der Waals surface area contributed by atoms with Crippen molar-refractivity contribution in [1.82, 2.24) is 15.1 Å². The average molecular weight is 267 g/mol. The zero-order valence-electron chi connectivity index (χ0n) is 11.6. The highest BCUT2D eigenvalue weighted by Crippen LogP contribution is 2.06. The Morgan fingerprint density at radius 1 is 1.63 bits per heavy atom. The summed E-state index contributed by atoms with van der Waals surface area (Å²) < 4.78 is 1.56. The van der Waals surface area contributed by atoms with Crippen molar-refractivity contribution in [3.63, 3.8) is 0 Å². The second kappa shape index (κ2) is 6.77. The lowest BCUT2D eigenvalue weighted by Crippen LogP contribution is -2.38. The minimum atomic E-state index is -0.202. The predicted molar refractivity (Wildman–Crippen MR) is 72.2 cm³/mol. The quantitative estimate of drug-likeness (QED) is 0.304. The molecule has 106 valence electrons. The summed E-state index contributed by atoms with van der Waals surface area (Å²) >= 11 is 0. The third-order valence-electron chi connectivity index (χ3n) is 2.94. The Morgan fingerprint density at radius 2 is 2.32 bits per heavy atom. The van der Waals surface area contributed by atoms with Crippen LogP contribution in [0.3, 0.4) is 0 Å². The molecule has 1 aromatic heterocycles. The fourth-order valence-electron chi connectivity index (χ4n) is 1.76. The summed E-state index contributed by atoms with van der Waals surface area (Å²) in [5, 5.41) is 18.5. The van der Waals surface area contributed by atoms with Gasteiger partial charge in [0.2, 0.25) is 0 Å². The third-order valence-corrected chi connectivity index (χ3v) is 2.94. The van der Waals surface area contributed by atoms with E-state index < -0.39 is 0 Å². The zero-order chi connectivity index (χ0) is 14.4. The van der Waals surface area contributed by atoms with Gasteiger partial charge >= 0.3 is 0 Å². The number of aryl methyl sites for hydroxylation is 2. The van der Waals surface area contributed by atoms with Gasteiger partial charge in [0.25, 0.3) is 5.91 Å². The molecule has 0 saturated heterocycles. The van der Waals surface area contributed by atoms with Gasteiger partial charge in [-0.2, -0.15) is 5.10 Å². The van der Waals surface area contributed by atoms with Crippen molar-refractivity contribution in [1.29, 1.82) is 0 Å². The lowest BCUT2D eigenvalue weighted by Gasteiger charge is -2.15. The van der Waals surface area contributed by atoms with E-state index >= 15 is 0 Å². The van der Waals surface area contributed by atoms with Gasteiger partial charge in [-0.25, -0.2) is 0 Å². The molecule has 0 spiro atoms. The molecule has 1 heterocycles. The first-order valence-corrected chi connectivity index (χ1v) is 6.31. The molecule has 0 aliphatic heterocycles. The van der Waals surface area contributed by atoms with Crippen LogP contribution in [0.5, 0.6) is 0 Å². The van der Waals surface area contributed by atoms with Crippen molar-refractivity contribution in [3.05, 3.63) is 17.5 Å². The van der Waals surface area contributed by atoms with E-state index in [1.165, 1.54) is 0 Å². The Balaban J connectivity index is 2.74. The van der Waals surface area contributed by atoms with Crippen LogP contribution < -0.4 is 11.1 Å². The molecule has 1 aromatic rings. The number of amides is 1. The smallest absolute Gasteiger partial charge is 0.269 e. The van der Waals surface area contributed by atoms with Crippen LogP contribution in [0.2, 0.25) is 0 Å². The largest absolute Gasteiger partial charge is 0.409 e. The van der Waals surface area contributed by atoms with E-state index in [0.717, 1.165) is 12.1 Å². The maximum absolute atomic E-state index is 12.1. The summed E-state index contributed by atoms with van der Waals surface area (Å²) in [4.78, 5) is 12.1. The van der Waals surface area contributed by atoms with Crippen LogP contribution in [0, 0.1) is 0 Å². The van der Waals surface area contributed by atoms with Crippen molar-refractivity contribution in [3.8, 4) is 0 Å². The number of amidine groups is 1. The average Bonchev–Trinajstić information content (AvgIpc) is 2.78. The fourth-order valence-corrected chi connectivity index (χ4v) is 1.76. The molecule has 1 unspecified atom stereocenters. The summed E-state index contributed by atoms with van der Waals surface area (Å²) in [6, 6.07) is 1.61. The molecule has 4 N–H and O–H groups in total. The maximum atomic E-state index is 12.1. The molecular weight excluding hydrogens is 246 g/mol. The lowest BCUT2D eigenvalue weighted by atomic mass is 10.1. The Morgan fingerprint density at radius 3 is 2.79 bits per heavy atom. The van der Waals surface area contributed by atoms with Crippen LogP contribution in [0.15, 0.2) is 11.2 Å². The number of aromatic nitrogens is 2. The first-order chi connectivity index (χ1) is 9.01. The van der Waals surface area contributed by atoms with Crippen LogP contribution in [-0.2, 0) is 13.5 Å². The van der Waals surface area contributed by atoms with Gasteiger partial charge in [-0.3, -0.25) is 9.48 Å². The molecule has 0 radical (unpaired) electrons. The molecule has 0 bridgehead atoms. The van der Waals surface area contributed by atoms with Crippen LogP contribution >= 0.6 is 0 Å². The monoisotopic (exact) mass is 267 g/mol. The van der Waals surface area contributed by atoms with Crippen molar-refractivity contribution < 1.29 is 10.0 Å². The number of oxime groups is 1. The van der Waals surface area contributed by atoms with Crippen LogP contribution in [0.25, 0.3) is 0 Å². The van der Waals surface area contributed by atoms with Crippen LogP contribution in [0.1, 0.15) is 42.9 Å². The maximum Gasteiger partial charge on any atom is 0.269 e. The zero-order valence-corrected chi connectivity index (χ0v) is 11.6. The van der Waals surface area contributed by atoms with E-state index in [1.54, 1.807) is 17.8 Å². The number of carbonyl (C=O) groups excluding carboxylic acids is 1. The number of carbonyl (C=O) groups is 1. The number of hydrogen-bond acceptors (Lipinski definition) is 4. The third kappa shape index (κ3) is 3.97. The van der Waals surface area contributed by atoms with Crippen molar-refractivity contribution in [2.75, 3.05) is 0 Å². The number of rotatable bonds is 6. The first-order valence-electron chi connectivity index (χ1n) is 6.31. The van der Waals surface area contributed by atoms with E-state index in [0.29, 0.717) is 18.5 Å². The summed E-state index contributed by atoms with van der Waals surface area (Å²) in [5.41, 5.74) is 6.83.